The number of thioether (sulfide) groups is 1. The van der Waals surface area contributed by atoms with Crippen LogP contribution < -0.4 is 0 Å². The molecule has 0 aromatic carbocycles. The molecule has 14 heavy (non-hydrogen) atoms. The summed E-state index contributed by atoms with van der Waals surface area (Å²) >= 11 is 1.84. The van der Waals surface area contributed by atoms with E-state index in [9.17, 15) is 4.79 Å². The molecule has 0 N–H and O–H groups in total. The van der Waals surface area contributed by atoms with Gasteiger partial charge in [0.1, 0.15) is 0 Å². The van der Waals surface area contributed by atoms with E-state index in [0.29, 0.717) is 16.9 Å². The second-order valence-electron chi connectivity index (χ2n) is 3.57. The van der Waals surface area contributed by atoms with E-state index >= 15 is 0 Å². The highest BCUT2D eigenvalue weighted by atomic mass is 32.2. The normalized spacial score (nSPS) is 24.3. The van der Waals surface area contributed by atoms with Crippen molar-refractivity contribution in [2.75, 3.05) is 20.3 Å². The Hall–Kier alpha value is -0.220. The molecule has 0 aromatic rings. The van der Waals surface area contributed by atoms with Gasteiger partial charge in [0.25, 0.3) is 0 Å². The van der Waals surface area contributed by atoms with Gasteiger partial charge < -0.3 is 9.47 Å². The van der Waals surface area contributed by atoms with Crippen LogP contribution in [0.5, 0.6) is 0 Å². The molecule has 0 saturated carbocycles. The van der Waals surface area contributed by atoms with Crippen molar-refractivity contribution in [3.05, 3.63) is 0 Å². The van der Waals surface area contributed by atoms with Gasteiger partial charge >= 0.3 is 5.97 Å². The smallest absolute Gasteiger partial charge is 0.306 e. The highest BCUT2D eigenvalue weighted by Crippen LogP contribution is 2.26. The van der Waals surface area contributed by atoms with Crippen molar-refractivity contribution in [1.82, 2.24) is 0 Å². The lowest BCUT2D eigenvalue weighted by Gasteiger charge is -2.24. The molecule has 0 aliphatic carbocycles. The van der Waals surface area contributed by atoms with Gasteiger partial charge in [-0.05, 0) is 12.8 Å². The number of carbonyl (C=O) groups excluding carboxylic acids is 1. The number of esters is 1. The van der Waals surface area contributed by atoms with Crippen molar-refractivity contribution in [2.24, 2.45) is 0 Å². The first-order valence-corrected chi connectivity index (χ1v) is 5.96. The van der Waals surface area contributed by atoms with E-state index in [1.54, 1.807) is 0 Å². The van der Waals surface area contributed by atoms with Gasteiger partial charge in [-0.1, -0.05) is 6.92 Å². The largest absolute Gasteiger partial charge is 0.469 e. The predicted molar refractivity (Wildman–Crippen MR) is 57.5 cm³/mol. The van der Waals surface area contributed by atoms with E-state index in [0.717, 1.165) is 19.6 Å². The molecule has 0 radical (unpaired) electrons. The van der Waals surface area contributed by atoms with Gasteiger partial charge in [0.05, 0.1) is 20.1 Å². The van der Waals surface area contributed by atoms with Crippen LogP contribution in [0.25, 0.3) is 0 Å². The molecule has 0 bridgehead atoms. The van der Waals surface area contributed by atoms with Crippen molar-refractivity contribution >= 4 is 17.7 Å². The molecule has 4 heteroatoms. The van der Waals surface area contributed by atoms with Crippen LogP contribution in [0.15, 0.2) is 0 Å². The summed E-state index contributed by atoms with van der Waals surface area (Å²) in [7, 11) is 1.43. The molecule has 1 rings (SSSR count). The number of hydrogen-bond acceptors (Lipinski definition) is 4. The molecule has 0 spiro atoms. The van der Waals surface area contributed by atoms with E-state index in [2.05, 4.69) is 11.7 Å². The minimum atomic E-state index is -0.123. The zero-order valence-corrected chi connectivity index (χ0v) is 9.64. The molecule has 3 nitrogen and oxygen atoms in total. The molecule has 1 saturated heterocycles. The molecule has 1 fully saturated rings. The summed E-state index contributed by atoms with van der Waals surface area (Å²) in [5, 5.41) is 0.887. The second-order valence-corrected chi connectivity index (χ2v) is 5.31. The average Bonchev–Trinajstić information content (AvgIpc) is 2.19. The lowest BCUT2D eigenvalue weighted by Crippen LogP contribution is -2.22. The highest BCUT2D eigenvalue weighted by molar-refractivity contribution is 8.00. The van der Waals surface area contributed by atoms with E-state index < -0.39 is 0 Å². The molecular formula is C10H18O3S. The standard InChI is InChI=1S/C10H18O3S/c1-8(6-10(11)12-2)14-9-4-3-5-13-7-9/h8-9H,3-7H2,1-2H3. The fourth-order valence-electron chi connectivity index (χ4n) is 1.51. The van der Waals surface area contributed by atoms with Crippen molar-refractivity contribution in [3.8, 4) is 0 Å². The summed E-state index contributed by atoms with van der Waals surface area (Å²) in [6.45, 7) is 3.79. The molecule has 1 heterocycles. The summed E-state index contributed by atoms with van der Waals surface area (Å²) < 4.78 is 10.0. The van der Waals surface area contributed by atoms with Gasteiger partial charge in [0, 0.05) is 17.1 Å². The van der Waals surface area contributed by atoms with Gasteiger partial charge in [-0.3, -0.25) is 4.79 Å². The maximum absolute atomic E-state index is 11.0. The number of carbonyl (C=O) groups is 1. The van der Waals surface area contributed by atoms with Crippen molar-refractivity contribution in [3.63, 3.8) is 0 Å². The number of ether oxygens (including phenoxy) is 2. The predicted octanol–water partition coefficient (Wildman–Crippen LogP) is 1.85. The summed E-state index contributed by atoms with van der Waals surface area (Å²) in [5.41, 5.74) is 0. The molecule has 0 amide bonds. The Bertz CT molecular complexity index is 178. The first-order valence-electron chi connectivity index (χ1n) is 5.02. The third-order valence-electron chi connectivity index (χ3n) is 2.23. The summed E-state index contributed by atoms with van der Waals surface area (Å²) in [6, 6.07) is 0. The maximum Gasteiger partial charge on any atom is 0.306 e. The van der Waals surface area contributed by atoms with Gasteiger partial charge in [0.2, 0.25) is 0 Å². The summed E-state index contributed by atoms with van der Waals surface area (Å²) in [4.78, 5) is 11.0. The maximum atomic E-state index is 11.0. The van der Waals surface area contributed by atoms with Gasteiger partial charge in [-0.2, -0.15) is 11.8 Å². The Balaban J connectivity index is 2.18. The third-order valence-corrected chi connectivity index (χ3v) is 3.61. The molecule has 2 unspecified atom stereocenters. The van der Waals surface area contributed by atoms with E-state index in [1.165, 1.54) is 13.5 Å². The molecular weight excluding hydrogens is 200 g/mol. The summed E-state index contributed by atoms with van der Waals surface area (Å²) in [5.74, 6) is -0.123. The topological polar surface area (TPSA) is 35.5 Å². The average molecular weight is 218 g/mol. The summed E-state index contributed by atoms with van der Waals surface area (Å²) in [6.07, 6.45) is 2.84. The van der Waals surface area contributed by atoms with Crippen LogP contribution in [0.1, 0.15) is 26.2 Å². The molecule has 1 aliphatic rings. The van der Waals surface area contributed by atoms with Crippen LogP contribution in [0, 0.1) is 0 Å². The van der Waals surface area contributed by atoms with Crippen LogP contribution in [-0.4, -0.2) is 36.8 Å². The zero-order valence-electron chi connectivity index (χ0n) is 8.82. The first kappa shape index (κ1) is 11.9. The fraction of sp³-hybridized carbons (Fsp3) is 0.900. The Morgan fingerprint density at radius 1 is 1.71 bits per heavy atom. The number of rotatable bonds is 4. The SMILES string of the molecule is COC(=O)CC(C)SC1CCCOC1. The molecule has 0 aromatic heterocycles. The van der Waals surface area contributed by atoms with Gasteiger partial charge in [0.15, 0.2) is 0 Å². The quantitative estimate of drug-likeness (QED) is 0.675. The number of hydrogen-bond donors (Lipinski definition) is 0. The van der Waals surface area contributed by atoms with E-state index in [1.807, 2.05) is 11.8 Å². The minimum absolute atomic E-state index is 0.123. The van der Waals surface area contributed by atoms with Gasteiger partial charge in [-0.25, -0.2) is 0 Å². The Kier molecular flexibility index (Phi) is 5.33. The highest BCUT2D eigenvalue weighted by Gasteiger charge is 2.19. The lowest BCUT2D eigenvalue weighted by molar-refractivity contribution is -0.140. The molecule has 2 atom stereocenters. The second kappa shape index (κ2) is 6.30. The van der Waals surface area contributed by atoms with Crippen molar-refractivity contribution in [1.29, 1.82) is 0 Å². The van der Waals surface area contributed by atoms with Crippen LogP contribution >= 0.6 is 11.8 Å². The van der Waals surface area contributed by atoms with Crippen LogP contribution in [0.4, 0.5) is 0 Å². The van der Waals surface area contributed by atoms with E-state index in [-0.39, 0.29) is 5.97 Å². The van der Waals surface area contributed by atoms with Crippen molar-refractivity contribution in [2.45, 2.75) is 36.7 Å². The van der Waals surface area contributed by atoms with Gasteiger partial charge in [-0.15, -0.1) is 0 Å². The van der Waals surface area contributed by atoms with E-state index in [4.69, 9.17) is 4.74 Å². The number of methoxy groups -OCH3 is 1. The fourth-order valence-corrected chi connectivity index (χ4v) is 2.88. The third kappa shape index (κ3) is 4.33. The lowest BCUT2D eigenvalue weighted by atomic mass is 10.2. The Labute approximate surface area is 89.5 Å². The van der Waals surface area contributed by atoms with Crippen LogP contribution in [0.2, 0.25) is 0 Å². The molecule has 82 valence electrons. The monoisotopic (exact) mass is 218 g/mol. The van der Waals surface area contributed by atoms with Crippen molar-refractivity contribution < 1.29 is 14.3 Å². The Morgan fingerprint density at radius 2 is 2.50 bits per heavy atom. The minimum Gasteiger partial charge on any atom is -0.469 e. The Morgan fingerprint density at radius 3 is 3.07 bits per heavy atom. The molecule has 1 aliphatic heterocycles. The van der Waals surface area contributed by atoms with Crippen LogP contribution in [-0.2, 0) is 14.3 Å². The van der Waals surface area contributed by atoms with Crippen LogP contribution in [0.3, 0.4) is 0 Å². The zero-order chi connectivity index (χ0) is 10.4. The first-order chi connectivity index (χ1) is 6.72.